The summed E-state index contributed by atoms with van der Waals surface area (Å²) in [4.78, 5) is 37.1. The number of nitrogens with zero attached hydrogens (tertiary/aromatic N) is 2. The maximum Gasteiger partial charge on any atom is 0.411 e. The first-order valence-corrected chi connectivity index (χ1v) is 9.61. The molecule has 1 heterocycles. The van der Waals surface area contributed by atoms with Crippen molar-refractivity contribution in [2.24, 2.45) is 0 Å². The van der Waals surface area contributed by atoms with Crippen molar-refractivity contribution in [2.75, 3.05) is 34.2 Å². The standard InChI is InChI=1S/C19H35N3O5.ClH/c1-19(2,3)27-18(26)21-13-14(12-15(21)17(24)25)20-16(23)10-8-7-9-11-22(4,5)6;/h14-15H,7-13H2,1-6H3,(H-,20,23,24,25);1H/t14-,15+;/m0./s1. The zero-order valence-electron chi connectivity index (χ0n) is 18.0. The summed E-state index contributed by atoms with van der Waals surface area (Å²) < 4.78 is 6.19. The number of likely N-dealkylation sites (tertiary alicyclic amines) is 1. The minimum Gasteiger partial charge on any atom is -1.00 e. The van der Waals surface area contributed by atoms with Crippen molar-refractivity contribution in [3.8, 4) is 0 Å². The lowest BCUT2D eigenvalue weighted by Gasteiger charge is -2.26. The van der Waals surface area contributed by atoms with Crippen LogP contribution in [0.2, 0.25) is 0 Å². The van der Waals surface area contributed by atoms with Crippen LogP contribution in [-0.4, -0.2) is 84.4 Å². The summed E-state index contributed by atoms with van der Waals surface area (Å²) >= 11 is 0. The number of ether oxygens (including phenoxy) is 1. The lowest BCUT2D eigenvalue weighted by atomic mass is 10.1. The molecule has 2 N–H and O–H groups in total. The quantitative estimate of drug-likeness (QED) is 0.380. The Morgan fingerprint density at radius 2 is 1.75 bits per heavy atom. The highest BCUT2D eigenvalue weighted by molar-refractivity contribution is 5.82. The molecule has 1 aliphatic heterocycles. The summed E-state index contributed by atoms with van der Waals surface area (Å²) in [6.45, 7) is 6.41. The number of quaternary nitrogens is 1. The fourth-order valence-electron chi connectivity index (χ4n) is 3.05. The molecule has 1 rings (SSSR count). The highest BCUT2D eigenvalue weighted by atomic mass is 35.5. The van der Waals surface area contributed by atoms with Crippen LogP contribution in [0.3, 0.4) is 0 Å². The van der Waals surface area contributed by atoms with Crippen molar-refractivity contribution in [3.05, 3.63) is 0 Å². The van der Waals surface area contributed by atoms with Crippen molar-refractivity contribution in [1.82, 2.24) is 10.2 Å². The van der Waals surface area contributed by atoms with Crippen molar-refractivity contribution in [3.63, 3.8) is 0 Å². The molecule has 28 heavy (non-hydrogen) atoms. The van der Waals surface area contributed by atoms with Crippen molar-refractivity contribution < 1.29 is 41.1 Å². The molecule has 1 fully saturated rings. The first-order chi connectivity index (χ1) is 12.3. The van der Waals surface area contributed by atoms with Crippen molar-refractivity contribution in [1.29, 1.82) is 0 Å². The predicted octanol–water partition coefficient (Wildman–Crippen LogP) is -1.16. The van der Waals surface area contributed by atoms with E-state index in [1.165, 1.54) is 4.90 Å². The number of aliphatic carboxylic acids is 1. The molecule has 0 unspecified atom stereocenters. The van der Waals surface area contributed by atoms with E-state index >= 15 is 0 Å². The Kier molecular flexibility index (Phi) is 10.3. The second kappa shape index (κ2) is 10.9. The molecule has 9 heteroatoms. The average Bonchev–Trinajstić information content (AvgIpc) is 2.88. The second-order valence-electron chi connectivity index (χ2n) is 9.31. The Hall–Kier alpha value is -1.54. The molecule has 0 saturated carbocycles. The van der Waals surface area contributed by atoms with Gasteiger partial charge in [-0.2, -0.15) is 0 Å². The third-order valence-corrected chi connectivity index (χ3v) is 4.31. The van der Waals surface area contributed by atoms with Crippen LogP contribution < -0.4 is 17.7 Å². The molecule has 2 amide bonds. The summed E-state index contributed by atoms with van der Waals surface area (Å²) in [5, 5.41) is 12.2. The molecule has 1 saturated heterocycles. The van der Waals surface area contributed by atoms with Gasteiger partial charge in [0.1, 0.15) is 11.6 Å². The molecule has 0 aromatic carbocycles. The van der Waals surface area contributed by atoms with Gasteiger partial charge in [-0.3, -0.25) is 9.69 Å². The van der Waals surface area contributed by atoms with E-state index < -0.39 is 23.7 Å². The lowest BCUT2D eigenvalue weighted by Crippen LogP contribution is -3.00. The maximum absolute atomic E-state index is 12.3. The van der Waals surface area contributed by atoms with E-state index in [0.29, 0.717) is 6.42 Å². The SMILES string of the molecule is CC(C)(C)OC(=O)N1C[C@@H](NC(=O)CCCCC[N+](C)(C)C)C[C@@H]1C(=O)O.[Cl-]. The van der Waals surface area contributed by atoms with Crippen LogP contribution in [0.1, 0.15) is 52.9 Å². The van der Waals surface area contributed by atoms with E-state index in [1.54, 1.807) is 20.8 Å². The highest BCUT2D eigenvalue weighted by Crippen LogP contribution is 2.22. The number of nitrogens with one attached hydrogen (secondary N) is 1. The maximum atomic E-state index is 12.3. The summed E-state index contributed by atoms with van der Waals surface area (Å²) in [6, 6.07) is -1.34. The molecule has 0 aliphatic carbocycles. The van der Waals surface area contributed by atoms with Gasteiger partial charge in [-0.15, -0.1) is 0 Å². The third kappa shape index (κ3) is 10.1. The highest BCUT2D eigenvalue weighted by Gasteiger charge is 2.42. The number of carbonyl (C=O) groups is 3. The Morgan fingerprint density at radius 1 is 1.14 bits per heavy atom. The molecular weight excluding hydrogens is 386 g/mol. The molecule has 0 aromatic rings. The van der Waals surface area contributed by atoms with Gasteiger partial charge in [0, 0.05) is 25.4 Å². The number of carboxylic acids is 1. The van der Waals surface area contributed by atoms with Gasteiger partial charge in [0.15, 0.2) is 0 Å². The van der Waals surface area contributed by atoms with Gasteiger partial charge in [-0.25, -0.2) is 9.59 Å². The topological polar surface area (TPSA) is 95.9 Å². The van der Waals surface area contributed by atoms with Gasteiger partial charge in [0.25, 0.3) is 0 Å². The van der Waals surface area contributed by atoms with Gasteiger partial charge in [-0.05, 0) is 40.0 Å². The zero-order chi connectivity index (χ0) is 20.8. The van der Waals surface area contributed by atoms with Crippen LogP contribution in [0.4, 0.5) is 4.79 Å². The summed E-state index contributed by atoms with van der Waals surface area (Å²) in [6.07, 6.45) is 2.80. The summed E-state index contributed by atoms with van der Waals surface area (Å²) in [5.41, 5.74) is -0.701. The van der Waals surface area contributed by atoms with Gasteiger partial charge >= 0.3 is 12.1 Å². The molecule has 1 aliphatic rings. The number of halogens is 1. The normalized spacial score (nSPS) is 19.7. The molecule has 0 bridgehead atoms. The molecule has 8 nitrogen and oxygen atoms in total. The lowest BCUT2D eigenvalue weighted by molar-refractivity contribution is -0.870. The predicted molar refractivity (Wildman–Crippen MR) is 102 cm³/mol. The van der Waals surface area contributed by atoms with E-state index in [0.717, 1.165) is 30.3 Å². The summed E-state index contributed by atoms with van der Waals surface area (Å²) in [5.74, 6) is -1.18. The zero-order valence-corrected chi connectivity index (χ0v) is 18.7. The van der Waals surface area contributed by atoms with Gasteiger partial charge < -0.3 is 32.1 Å². The first kappa shape index (κ1) is 26.5. The molecule has 2 atom stereocenters. The third-order valence-electron chi connectivity index (χ3n) is 4.31. The van der Waals surface area contributed by atoms with Crippen LogP contribution in [0, 0.1) is 0 Å². The Labute approximate surface area is 174 Å². The van der Waals surface area contributed by atoms with Crippen LogP contribution in [0.5, 0.6) is 0 Å². The average molecular weight is 422 g/mol. The van der Waals surface area contributed by atoms with E-state index in [4.69, 9.17) is 4.74 Å². The van der Waals surface area contributed by atoms with Gasteiger partial charge in [-0.1, -0.05) is 0 Å². The number of hydrogen-bond donors (Lipinski definition) is 2. The van der Waals surface area contributed by atoms with E-state index in [1.807, 2.05) is 0 Å². The van der Waals surface area contributed by atoms with E-state index in [9.17, 15) is 19.5 Å². The monoisotopic (exact) mass is 421 g/mol. The van der Waals surface area contributed by atoms with Gasteiger partial charge in [0.2, 0.25) is 5.91 Å². The Bertz CT molecular complexity index is 543. The molecule has 0 radical (unpaired) electrons. The molecule has 0 spiro atoms. The Balaban J connectivity index is 0.00000729. The number of amides is 2. The first-order valence-electron chi connectivity index (χ1n) is 9.61. The number of rotatable bonds is 8. The molecule has 0 aromatic heterocycles. The fraction of sp³-hybridized carbons (Fsp3) is 0.842. The van der Waals surface area contributed by atoms with Crippen LogP contribution >= 0.6 is 0 Å². The molecular formula is C19H36ClN3O5. The Morgan fingerprint density at radius 3 is 2.25 bits per heavy atom. The summed E-state index contributed by atoms with van der Waals surface area (Å²) in [7, 11) is 6.42. The molecule has 164 valence electrons. The van der Waals surface area contributed by atoms with E-state index in [-0.39, 0.29) is 37.3 Å². The number of carboxylic acid groups (broad SMARTS) is 1. The van der Waals surface area contributed by atoms with Crippen LogP contribution in [0.25, 0.3) is 0 Å². The number of carbonyl (C=O) groups excluding carboxylic acids is 2. The second-order valence-corrected chi connectivity index (χ2v) is 9.31. The van der Waals surface area contributed by atoms with Crippen LogP contribution in [0.15, 0.2) is 0 Å². The smallest absolute Gasteiger partial charge is 0.411 e. The minimum absolute atomic E-state index is 0. The van der Waals surface area contributed by atoms with E-state index in [2.05, 4.69) is 26.5 Å². The van der Waals surface area contributed by atoms with Crippen molar-refractivity contribution >= 4 is 18.0 Å². The minimum atomic E-state index is -1.09. The largest absolute Gasteiger partial charge is 1.00 e. The number of unbranched alkanes of at least 4 members (excludes halogenated alkanes) is 2. The number of hydrogen-bond acceptors (Lipinski definition) is 4. The fourth-order valence-corrected chi connectivity index (χ4v) is 3.05. The van der Waals surface area contributed by atoms with Crippen LogP contribution in [-0.2, 0) is 14.3 Å². The van der Waals surface area contributed by atoms with Gasteiger partial charge in [0.05, 0.1) is 27.7 Å². The van der Waals surface area contributed by atoms with Crippen molar-refractivity contribution in [2.45, 2.75) is 70.6 Å².